The summed E-state index contributed by atoms with van der Waals surface area (Å²) in [6, 6.07) is 28.6. The summed E-state index contributed by atoms with van der Waals surface area (Å²) in [5.41, 5.74) is 4.15. The van der Waals surface area contributed by atoms with E-state index >= 15 is 0 Å². The first-order valence-electron chi connectivity index (χ1n) is 8.56. The smallest absolute Gasteiger partial charge is 0.00267 e. The molecule has 0 spiro atoms. The molecule has 24 heavy (non-hydrogen) atoms. The van der Waals surface area contributed by atoms with Gasteiger partial charge in [0.15, 0.2) is 0 Å². The van der Waals surface area contributed by atoms with Crippen molar-refractivity contribution in [2.75, 3.05) is 0 Å². The predicted molar refractivity (Wildman–Crippen MR) is 106 cm³/mol. The van der Waals surface area contributed by atoms with Crippen LogP contribution >= 0.6 is 0 Å². The molecule has 0 heteroatoms. The lowest BCUT2D eigenvalue weighted by atomic mass is 9.81. The molecule has 0 heterocycles. The molecule has 0 amide bonds. The maximum atomic E-state index is 2.36. The van der Waals surface area contributed by atoms with E-state index in [1.807, 2.05) is 0 Å². The van der Waals surface area contributed by atoms with Gasteiger partial charge in [-0.3, -0.25) is 0 Å². The lowest BCUT2D eigenvalue weighted by Gasteiger charge is -2.23. The largest absolute Gasteiger partial charge is 0.0622 e. The number of hydrogen-bond acceptors (Lipinski definition) is 0. The van der Waals surface area contributed by atoms with Crippen molar-refractivity contribution in [3.8, 4) is 11.1 Å². The van der Waals surface area contributed by atoms with Crippen molar-refractivity contribution in [1.82, 2.24) is 0 Å². The fourth-order valence-corrected chi connectivity index (χ4v) is 3.66. The molecule has 0 aliphatic carbocycles. The van der Waals surface area contributed by atoms with Crippen LogP contribution in [0.15, 0.2) is 78.9 Å². The zero-order valence-corrected chi connectivity index (χ0v) is 14.5. The number of rotatable bonds is 1. The van der Waals surface area contributed by atoms with E-state index in [0.717, 1.165) is 0 Å². The monoisotopic (exact) mass is 310 g/mol. The molecule has 4 aromatic rings. The van der Waals surface area contributed by atoms with Crippen LogP contribution in [-0.2, 0) is 5.41 Å². The molecule has 0 saturated heterocycles. The third-order valence-corrected chi connectivity index (χ3v) is 4.78. The Kier molecular flexibility index (Phi) is 3.42. The molecule has 0 bridgehead atoms. The van der Waals surface area contributed by atoms with E-state index < -0.39 is 0 Å². The van der Waals surface area contributed by atoms with E-state index in [-0.39, 0.29) is 5.41 Å². The summed E-state index contributed by atoms with van der Waals surface area (Å²) in [4.78, 5) is 0. The average Bonchev–Trinajstić information content (AvgIpc) is 2.59. The molecule has 0 N–H and O–H groups in total. The van der Waals surface area contributed by atoms with Crippen molar-refractivity contribution < 1.29 is 0 Å². The van der Waals surface area contributed by atoms with E-state index in [4.69, 9.17) is 0 Å². The number of hydrogen-bond donors (Lipinski definition) is 0. The van der Waals surface area contributed by atoms with E-state index in [2.05, 4.69) is 99.6 Å². The maximum Gasteiger partial charge on any atom is -0.00267 e. The second kappa shape index (κ2) is 5.49. The van der Waals surface area contributed by atoms with Crippen molar-refractivity contribution >= 4 is 21.5 Å². The van der Waals surface area contributed by atoms with Crippen LogP contribution in [-0.4, -0.2) is 0 Å². The van der Waals surface area contributed by atoms with Gasteiger partial charge in [0.1, 0.15) is 0 Å². The standard InChI is InChI=1S/C24H22/c1-24(2,3)22-15-9-14-20-21(22)16-18-12-7-8-13-19(18)23(20)17-10-5-4-6-11-17/h4-16H,1-3H3. The van der Waals surface area contributed by atoms with Crippen LogP contribution in [0.4, 0.5) is 0 Å². The van der Waals surface area contributed by atoms with Gasteiger partial charge in [-0.1, -0.05) is 93.6 Å². The molecule has 0 aromatic heterocycles. The van der Waals surface area contributed by atoms with Crippen LogP contribution in [0.25, 0.3) is 32.7 Å². The zero-order chi connectivity index (χ0) is 16.7. The van der Waals surface area contributed by atoms with Crippen LogP contribution in [0.3, 0.4) is 0 Å². The Labute approximate surface area is 143 Å². The third-order valence-electron chi connectivity index (χ3n) is 4.78. The van der Waals surface area contributed by atoms with Crippen molar-refractivity contribution in [2.45, 2.75) is 26.2 Å². The Morgan fingerprint density at radius 2 is 1.25 bits per heavy atom. The summed E-state index contributed by atoms with van der Waals surface area (Å²) in [6.07, 6.45) is 0. The SMILES string of the molecule is CC(C)(C)c1cccc2c(-c3ccccc3)c3ccccc3cc12. The first kappa shape index (κ1) is 15.0. The second-order valence-electron chi connectivity index (χ2n) is 7.49. The van der Waals surface area contributed by atoms with Gasteiger partial charge in [-0.05, 0) is 49.7 Å². The Morgan fingerprint density at radius 1 is 0.583 bits per heavy atom. The Balaban J connectivity index is 2.22. The van der Waals surface area contributed by atoms with Gasteiger partial charge in [-0.25, -0.2) is 0 Å². The van der Waals surface area contributed by atoms with E-state index in [1.54, 1.807) is 0 Å². The normalized spacial score (nSPS) is 12.0. The van der Waals surface area contributed by atoms with E-state index in [9.17, 15) is 0 Å². The summed E-state index contributed by atoms with van der Waals surface area (Å²) in [6.45, 7) is 6.87. The van der Waals surface area contributed by atoms with Crippen LogP contribution in [0.2, 0.25) is 0 Å². The molecule has 0 aliphatic rings. The molecule has 0 fully saturated rings. The van der Waals surface area contributed by atoms with Crippen molar-refractivity contribution in [1.29, 1.82) is 0 Å². The van der Waals surface area contributed by atoms with E-state index in [1.165, 1.54) is 38.2 Å². The lowest BCUT2D eigenvalue weighted by molar-refractivity contribution is 0.596. The van der Waals surface area contributed by atoms with Crippen molar-refractivity contribution in [3.63, 3.8) is 0 Å². The molecule has 0 unspecified atom stereocenters. The highest BCUT2D eigenvalue weighted by molar-refractivity contribution is 6.13. The second-order valence-corrected chi connectivity index (χ2v) is 7.49. The molecule has 4 aromatic carbocycles. The molecular formula is C24H22. The number of benzene rings is 4. The van der Waals surface area contributed by atoms with Gasteiger partial charge in [-0.2, -0.15) is 0 Å². The highest BCUT2D eigenvalue weighted by atomic mass is 14.2. The topological polar surface area (TPSA) is 0 Å². The first-order chi connectivity index (χ1) is 11.6. The van der Waals surface area contributed by atoms with Crippen molar-refractivity contribution in [2.24, 2.45) is 0 Å². The lowest BCUT2D eigenvalue weighted by Crippen LogP contribution is -2.11. The van der Waals surface area contributed by atoms with Gasteiger partial charge in [0.25, 0.3) is 0 Å². The number of fused-ring (bicyclic) bond motifs is 2. The predicted octanol–water partition coefficient (Wildman–Crippen LogP) is 6.96. The highest BCUT2D eigenvalue weighted by Gasteiger charge is 2.19. The summed E-state index contributed by atoms with van der Waals surface area (Å²) in [5.74, 6) is 0. The van der Waals surface area contributed by atoms with Crippen LogP contribution < -0.4 is 0 Å². The minimum Gasteiger partial charge on any atom is -0.0622 e. The molecule has 0 aliphatic heterocycles. The molecular weight excluding hydrogens is 288 g/mol. The Hall–Kier alpha value is -2.60. The minimum absolute atomic E-state index is 0.121. The molecule has 0 saturated carbocycles. The Bertz CT molecular complexity index is 1020. The van der Waals surface area contributed by atoms with Gasteiger partial charge in [0, 0.05) is 0 Å². The average molecular weight is 310 g/mol. The molecule has 0 radical (unpaired) electrons. The summed E-state index contributed by atoms with van der Waals surface area (Å²) < 4.78 is 0. The fourth-order valence-electron chi connectivity index (χ4n) is 3.66. The highest BCUT2D eigenvalue weighted by Crippen LogP contribution is 2.40. The maximum absolute atomic E-state index is 2.36. The molecule has 0 nitrogen and oxygen atoms in total. The van der Waals surface area contributed by atoms with Crippen molar-refractivity contribution in [3.05, 3.63) is 84.4 Å². The summed E-state index contributed by atoms with van der Waals surface area (Å²) in [5, 5.41) is 5.33. The van der Waals surface area contributed by atoms with E-state index in [0.29, 0.717) is 0 Å². The first-order valence-corrected chi connectivity index (χ1v) is 8.56. The van der Waals surface area contributed by atoms with Gasteiger partial charge in [0.05, 0.1) is 0 Å². The third kappa shape index (κ3) is 2.39. The fraction of sp³-hybridized carbons (Fsp3) is 0.167. The quantitative estimate of drug-likeness (QED) is 0.333. The van der Waals surface area contributed by atoms with Crippen LogP contribution in [0.5, 0.6) is 0 Å². The molecule has 0 atom stereocenters. The minimum atomic E-state index is 0.121. The molecule has 118 valence electrons. The summed E-state index contributed by atoms with van der Waals surface area (Å²) in [7, 11) is 0. The van der Waals surface area contributed by atoms with Gasteiger partial charge in [-0.15, -0.1) is 0 Å². The summed E-state index contributed by atoms with van der Waals surface area (Å²) >= 11 is 0. The molecule has 4 rings (SSSR count). The van der Waals surface area contributed by atoms with Gasteiger partial charge < -0.3 is 0 Å². The zero-order valence-electron chi connectivity index (χ0n) is 14.5. The van der Waals surface area contributed by atoms with Gasteiger partial charge >= 0.3 is 0 Å². The van der Waals surface area contributed by atoms with Crippen LogP contribution in [0, 0.1) is 0 Å². The van der Waals surface area contributed by atoms with Crippen LogP contribution in [0.1, 0.15) is 26.3 Å². The Morgan fingerprint density at radius 3 is 2.00 bits per heavy atom. The van der Waals surface area contributed by atoms with Gasteiger partial charge in [0.2, 0.25) is 0 Å².